The molecule has 1 aromatic carbocycles. The molecule has 0 aliphatic heterocycles. The van der Waals surface area contributed by atoms with Crippen LogP contribution in [-0.2, 0) is 4.74 Å². The summed E-state index contributed by atoms with van der Waals surface area (Å²) in [7, 11) is 0. The molecule has 0 heterocycles. The minimum atomic E-state index is -0.382. The van der Waals surface area contributed by atoms with E-state index in [4.69, 9.17) is 10.00 Å². The van der Waals surface area contributed by atoms with Crippen LogP contribution in [0.3, 0.4) is 0 Å². The summed E-state index contributed by atoms with van der Waals surface area (Å²) < 4.78 is 4.83. The van der Waals surface area contributed by atoms with E-state index in [1.54, 1.807) is 19.1 Å². The molecular formula is C11H11NO2. The van der Waals surface area contributed by atoms with E-state index in [1.807, 2.05) is 13.0 Å². The summed E-state index contributed by atoms with van der Waals surface area (Å²) in [6.07, 6.45) is 0. The van der Waals surface area contributed by atoms with Gasteiger partial charge in [0, 0.05) is 0 Å². The fraction of sp³-hybridized carbons (Fsp3) is 0.273. The fourth-order valence-corrected chi connectivity index (χ4v) is 1.18. The maximum Gasteiger partial charge on any atom is 0.338 e. The highest BCUT2D eigenvalue weighted by atomic mass is 16.5. The Bertz CT molecular complexity index is 391. The highest BCUT2D eigenvalue weighted by Crippen LogP contribution is 2.10. The minimum absolute atomic E-state index is 0.342. The highest BCUT2D eigenvalue weighted by Gasteiger charge is 2.07. The van der Waals surface area contributed by atoms with E-state index in [-0.39, 0.29) is 5.97 Å². The van der Waals surface area contributed by atoms with Crippen LogP contribution in [0.2, 0.25) is 0 Å². The molecule has 0 aromatic heterocycles. The lowest BCUT2D eigenvalue weighted by Crippen LogP contribution is -2.05. The van der Waals surface area contributed by atoms with Crippen LogP contribution >= 0.6 is 0 Å². The molecule has 0 amide bonds. The number of rotatable bonds is 2. The van der Waals surface area contributed by atoms with E-state index in [0.29, 0.717) is 17.7 Å². The molecule has 0 atom stereocenters. The monoisotopic (exact) mass is 189 g/mol. The molecule has 0 spiro atoms. The molecule has 0 aliphatic rings. The van der Waals surface area contributed by atoms with Gasteiger partial charge in [0.1, 0.15) is 0 Å². The number of esters is 1. The summed E-state index contributed by atoms with van der Waals surface area (Å²) in [5, 5.41) is 8.70. The number of aryl methyl sites for hydroxylation is 1. The number of hydrogen-bond acceptors (Lipinski definition) is 3. The van der Waals surface area contributed by atoms with Crippen molar-refractivity contribution < 1.29 is 9.53 Å². The maximum atomic E-state index is 11.3. The van der Waals surface area contributed by atoms with Gasteiger partial charge in [0.15, 0.2) is 0 Å². The highest BCUT2D eigenvalue weighted by molar-refractivity contribution is 5.90. The molecule has 0 N–H and O–H groups in total. The molecule has 0 unspecified atom stereocenters. The zero-order chi connectivity index (χ0) is 10.6. The fourth-order valence-electron chi connectivity index (χ4n) is 1.18. The van der Waals surface area contributed by atoms with Gasteiger partial charge in [0.05, 0.1) is 23.8 Å². The van der Waals surface area contributed by atoms with Gasteiger partial charge in [-0.25, -0.2) is 4.79 Å². The Morgan fingerprint density at radius 3 is 2.79 bits per heavy atom. The standard InChI is InChI=1S/C11H11NO2/c1-3-14-11(13)10-5-8(2)4-9(6-10)7-12/h4-6H,3H2,1-2H3. The SMILES string of the molecule is CCOC(=O)c1cc(C)cc(C#N)c1. The van der Waals surface area contributed by atoms with Crippen LogP contribution in [0.25, 0.3) is 0 Å². The van der Waals surface area contributed by atoms with Crippen molar-refractivity contribution in [2.75, 3.05) is 6.61 Å². The van der Waals surface area contributed by atoms with E-state index in [1.165, 1.54) is 6.07 Å². The van der Waals surface area contributed by atoms with E-state index in [0.717, 1.165) is 5.56 Å². The van der Waals surface area contributed by atoms with Gasteiger partial charge >= 0.3 is 5.97 Å². The topological polar surface area (TPSA) is 50.1 Å². The molecule has 1 rings (SSSR count). The van der Waals surface area contributed by atoms with Crippen molar-refractivity contribution in [3.05, 3.63) is 34.9 Å². The summed E-state index contributed by atoms with van der Waals surface area (Å²) in [5.74, 6) is -0.382. The van der Waals surface area contributed by atoms with E-state index in [2.05, 4.69) is 0 Å². The van der Waals surface area contributed by atoms with Gasteiger partial charge in [-0.3, -0.25) is 0 Å². The van der Waals surface area contributed by atoms with E-state index < -0.39 is 0 Å². The summed E-state index contributed by atoms with van der Waals surface area (Å²) in [6, 6.07) is 6.96. The van der Waals surface area contributed by atoms with Crippen molar-refractivity contribution in [1.82, 2.24) is 0 Å². The summed E-state index contributed by atoms with van der Waals surface area (Å²) >= 11 is 0. The first-order chi connectivity index (χ1) is 6.67. The van der Waals surface area contributed by atoms with Crippen LogP contribution in [0, 0.1) is 18.3 Å². The maximum absolute atomic E-state index is 11.3. The first-order valence-corrected chi connectivity index (χ1v) is 4.36. The Labute approximate surface area is 82.9 Å². The van der Waals surface area contributed by atoms with Crippen LogP contribution in [-0.4, -0.2) is 12.6 Å². The first-order valence-electron chi connectivity index (χ1n) is 4.36. The molecule has 3 heteroatoms. The van der Waals surface area contributed by atoms with Crippen molar-refractivity contribution in [2.24, 2.45) is 0 Å². The quantitative estimate of drug-likeness (QED) is 0.669. The molecule has 1 aromatic rings. The predicted octanol–water partition coefficient (Wildman–Crippen LogP) is 2.04. The normalized spacial score (nSPS) is 9.21. The van der Waals surface area contributed by atoms with Crippen LogP contribution in [0.4, 0.5) is 0 Å². The van der Waals surface area contributed by atoms with Crippen LogP contribution < -0.4 is 0 Å². The molecule has 0 aliphatic carbocycles. The van der Waals surface area contributed by atoms with Crippen LogP contribution in [0.1, 0.15) is 28.4 Å². The Balaban J connectivity index is 3.04. The molecule has 0 saturated heterocycles. The van der Waals surface area contributed by atoms with E-state index in [9.17, 15) is 4.79 Å². The van der Waals surface area contributed by atoms with Gasteiger partial charge in [-0.1, -0.05) is 0 Å². The van der Waals surface area contributed by atoms with Crippen molar-refractivity contribution >= 4 is 5.97 Å². The Morgan fingerprint density at radius 1 is 1.50 bits per heavy atom. The smallest absolute Gasteiger partial charge is 0.338 e. The summed E-state index contributed by atoms with van der Waals surface area (Å²) in [5.41, 5.74) is 1.79. The second kappa shape index (κ2) is 4.43. The van der Waals surface area contributed by atoms with Crippen molar-refractivity contribution in [2.45, 2.75) is 13.8 Å². The van der Waals surface area contributed by atoms with E-state index >= 15 is 0 Å². The van der Waals surface area contributed by atoms with Crippen molar-refractivity contribution in [3.8, 4) is 6.07 Å². The molecule has 0 fully saturated rings. The summed E-state index contributed by atoms with van der Waals surface area (Å²) in [6.45, 7) is 3.93. The molecule has 72 valence electrons. The minimum Gasteiger partial charge on any atom is -0.462 e. The third kappa shape index (κ3) is 2.33. The molecule has 0 bridgehead atoms. The predicted molar refractivity (Wildman–Crippen MR) is 51.9 cm³/mol. The molecule has 0 radical (unpaired) electrons. The number of nitrogens with zero attached hydrogens (tertiary/aromatic N) is 1. The molecular weight excluding hydrogens is 178 g/mol. The molecule has 14 heavy (non-hydrogen) atoms. The van der Waals surface area contributed by atoms with Gasteiger partial charge < -0.3 is 4.74 Å². The molecule has 0 saturated carbocycles. The second-order valence-corrected chi connectivity index (χ2v) is 2.92. The number of ether oxygens (including phenoxy) is 1. The van der Waals surface area contributed by atoms with Crippen molar-refractivity contribution in [1.29, 1.82) is 5.26 Å². The number of nitriles is 1. The zero-order valence-electron chi connectivity index (χ0n) is 8.20. The third-order valence-electron chi connectivity index (χ3n) is 1.72. The number of carbonyl (C=O) groups excluding carboxylic acids is 1. The number of hydrogen-bond donors (Lipinski definition) is 0. The lowest BCUT2D eigenvalue weighted by Gasteiger charge is -2.02. The van der Waals surface area contributed by atoms with Crippen LogP contribution in [0.15, 0.2) is 18.2 Å². The van der Waals surface area contributed by atoms with Crippen LogP contribution in [0.5, 0.6) is 0 Å². The molecule has 3 nitrogen and oxygen atoms in total. The lowest BCUT2D eigenvalue weighted by atomic mass is 10.1. The zero-order valence-corrected chi connectivity index (χ0v) is 8.20. The average molecular weight is 189 g/mol. The summed E-state index contributed by atoms with van der Waals surface area (Å²) in [4.78, 5) is 11.3. The lowest BCUT2D eigenvalue weighted by molar-refractivity contribution is 0.0526. The van der Waals surface area contributed by atoms with Gasteiger partial charge in [-0.05, 0) is 37.6 Å². The first kappa shape index (κ1) is 10.3. The van der Waals surface area contributed by atoms with Crippen molar-refractivity contribution in [3.63, 3.8) is 0 Å². The Morgan fingerprint density at radius 2 is 2.21 bits per heavy atom. The average Bonchev–Trinajstić information content (AvgIpc) is 2.17. The Kier molecular flexibility index (Phi) is 3.24. The largest absolute Gasteiger partial charge is 0.462 e. The van der Waals surface area contributed by atoms with Gasteiger partial charge in [-0.15, -0.1) is 0 Å². The van der Waals surface area contributed by atoms with Gasteiger partial charge in [-0.2, -0.15) is 5.26 Å². The third-order valence-corrected chi connectivity index (χ3v) is 1.72. The second-order valence-electron chi connectivity index (χ2n) is 2.92. The van der Waals surface area contributed by atoms with Gasteiger partial charge in [0.2, 0.25) is 0 Å². The number of benzene rings is 1. The van der Waals surface area contributed by atoms with Gasteiger partial charge in [0.25, 0.3) is 0 Å². The number of carbonyl (C=O) groups is 1. The Hall–Kier alpha value is -1.82.